The molecule has 0 bridgehead atoms. The zero-order chi connectivity index (χ0) is 30.9. The summed E-state index contributed by atoms with van der Waals surface area (Å²) in [5.41, 5.74) is 3.11. The van der Waals surface area contributed by atoms with Crippen LogP contribution in [-0.4, -0.2) is 92.2 Å². The maximum absolute atomic E-state index is 14.4. The molecule has 1 aromatic heterocycles. The Morgan fingerprint density at radius 1 is 1.05 bits per heavy atom. The fraction of sp³-hybridized carbons (Fsp3) is 0.500. The predicted octanol–water partition coefficient (Wildman–Crippen LogP) is 5.27. The average molecular weight is 609 g/mol. The maximum Gasteiger partial charge on any atom is 0.410 e. The van der Waals surface area contributed by atoms with E-state index in [1.807, 2.05) is 70.3 Å². The molecule has 0 spiro atoms. The highest BCUT2D eigenvalue weighted by Gasteiger charge is 2.37. The summed E-state index contributed by atoms with van der Waals surface area (Å²) in [5.74, 6) is -0.170. The fourth-order valence-corrected chi connectivity index (χ4v) is 6.09. The van der Waals surface area contributed by atoms with Crippen molar-refractivity contribution in [3.63, 3.8) is 0 Å². The Bertz CT molecular complexity index is 1460. The van der Waals surface area contributed by atoms with E-state index < -0.39 is 17.7 Å². The van der Waals surface area contributed by atoms with Gasteiger partial charge >= 0.3 is 6.09 Å². The summed E-state index contributed by atoms with van der Waals surface area (Å²) < 4.78 is 13.2. The number of piperazine rings is 1. The third-order valence-electron chi connectivity index (χ3n) is 7.61. The fourth-order valence-electron chi connectivity index (χ4n) is 5.83. The number of halogens is 1. The molecule has 0 saturated carbocycles. The minimum Gasteiger partial charge on any atom is -0.444 e. The number of benzene rings is 2. The highest BCUT2D eigenvalue weighted by Crippen LogP contribution is 2.33. The monoisotopic (exact) mass is 608 g/mol. The van der Waals surface area contributed by atoms with Crippen LogP contribution in [0.4, 0.5) is 4.79 Å². The zero-order valence-electron chi connectivity index (χ0n) is 25.8. The normalized spacial score (nSPS) is 21.6. The Hall–Kier alpha value is -3.47. The number of aryl methyl sites for hydroxylation is 1. The van der Waals surface area contributed by atoms with E-state index in [0.29, 0.717) is 35.9 Å². The van der Waals surface area contributed by atoms with Crippen LogP contribution in [0.3, 0.4) is 0 Å². The number of rotatable bonds is 5. The van der Waals surface area contributed by atoms with Crippen molar-refractivity contribution in [1.82, 2.24) is 29.7 Å². The quantitative estimate of drug-likeness (QED) is 0.389. The molecular formula is C32H41ClN6O4. The molecule has 3 heterocycles. The van der Waals surface area contributed by atoms with Gasteiger partial charge in [0.15, 0.2) is 0 Å². The molecule has 0 aliphatic carbocycles. The molecular weight excluding hydrogens is 568 g/mol. The molecule has 0 radical (unpaired) electrons. The summed E-state index contributed by atoms with van der Waals surface area (Å²) in [4.78, 5) is 33.1. The van der Waals surface area contributed by atoms with E-state index in [4.69, 9.17) is 21.1 Å². The minimum atomic E-state index is -0.629. The van der Waals surface area contributed by atoms with E-state index in [1.54, 1.807) is 20.5 Å². The van der Waals surface area contributed by atoms with Gasteiger partial charge in [0.05, 0.1) is 41.4 Å². The number of morpholine rings is 1. The molecule has 10 nitrogen and oxygen atoms in total. The van der Waals surface area contributed by atoms with Gasteiger partial charge in [0.25, 0.3) is 5.91 Å². The average Bonchev–Trinajstić information content (AvgIpc) is 3.39. The number of ether oxygens (including phenoxy) is 2. The molecule has 5 rings (SSSR count). The SMILES string of the molecule is Cc1ccc(C(=O)N2CCN(C(=O)OC(C)(C)C)CC2c2ccccc2Cl)c(-n2cc(CN3C[C@@H](C)O[C@@H](C)C3)nn2)c1. The minimum absolute atomic E-state index is 0.154. The summed E-state index contributed by atoms with van der Waals surface area (Å²) in [7, 11) is 0. The van der Waals surface area contributed by atoms with Crippen molar-refractivity contribution in [2.75, 3.05) is 32.7 Å². The van der Waals surface area contributed by atoms with E-state index in [2.05, 4.69) is 29.1 Å². The van der Waals surface area contributed by atoms with Gasteiger partial charge in [0.1, 0.15) is 5.60 Å². The lowest BCUT2D eigenvalue weighted by atomic mass is 10.00. The Labute approximate surface area is 258 Å². The summed E-state index contributed by atoms with van der Waals surface area (Å²) in [6.45, 7) is 14.9. The Morgan fingerprint density at radius 2 is 1.77 bits per heavy atom. The van der Waals surface area contributed by atoms with Gasteiger partial charge in [-0.15, -0.1) is 5.10 Å². The Morgan fingerprint density at radius 3 is 2.47 bits per heavy atom. The number of nitrogens with zero attached hydrogens (tertiary/aromatic N) is 6. The van der Waals surface area contributed by atoms with Gasteiger partial charge in [-0.3, -0.25) is 9.69 Å². The molecule has 2 fully saturated rings. The molecule has 3 atom stereocenters. The molecule has 2 amide bonds. The lowest BCUT2D eigenvalue weighted by molar-refractivity contribution is -0.0707. The van der Waals surface area contributed by atoms with E-state index in [1.165, 1.54) is 0 Å². The molecule has 2 saturated heterocycles. The molecule has 3 aromatic rings. The second-order valence-electron chi connectivity index (χ2n) is 12.6. The van der Waals surface area contributed by atoms with Gasteiger partial charge < -0.3 is 19.3 Å². The molecule has 1 unspecified atom stereocenters. The van der Waals surface area contributed by atoms with Gasteiger partial charge in [0, 0.05) is 44.3 Å². The highest BCUT2D eigenvalue weighted by atomic mass is 35.5. The van der Waals surface area contributed by atoms with Crippen LogP contribution in [-0.2, 0) is 16.0 Å². The standard InChI is InChI=1S/C32H41ClN6O4/c1-21-11-12-26(28(15-21)39-19-24(34-35-39)18-36-16-22(2)42-23(3)17-36)30(40)38-14-13-37(31(41)43-32(4,5)6)20-29(38)25-9-7-8-10-27(25)33/h7-12,15,19,22-23,29H,13-14,16-18,20H2,1-6H3/t22-,23+,29?. The predicted molar refractivity (Wildman–Crippen MR) is 164 cm³/mol. The first-order chi connectivity index (χ1) is 20.4. The summed E-state index contributed by atoms with van der Waals surface area (Å²) in [5, 5.41) is 9.40. The summed E-state index contributed by atoms with van der Waals surface area (Å²) >= 11 is 6.65. The number of carbonyl (C=O) groups excluding carboxylic acids is 2. The first kappa shape index (κ1) is 31.0. The van der Waals surface area contributed by atoms with Crippen LogP contribution in [0.5, 0.6) is 0 Å². The van der Waals surface area contributed by atoms with Gasteiger partial charge in [-0.2, -0.15) is 0 Å². The highest BCUT2D eigenvalue weighted by molar-refractivity contribution is 6.31. The second kappa shape index (κ2) is 12.6. The molecule has 230 valence electrons. The third-order valence-corrected chi connectivity index (χ3v) is 7.95. The van der Waals surface area contributed by atoms with Crippen LogP contribution in [0.1, 0.15) is 67.8 Å². The van der Waals surface area contributed by atoms with Crippen molar-refractivity contribution in [3.8, 4) is 5.69 Å². The van der Waals surface area contributed by atoms with E-state index in [0.717, 1.165) is 29.9 Å². The van der Waals surface area contributed by atoms with Crippen molar-refractivity contribution in [3.05, 3.63) is 76.1 Å². The van der Waals surface area contributed by atoms with Crippen LogP contribution in [0, 0.1) is 6.92 Å². The first-order valence-electron chi connectivity index (χ1n) is 14.8. The van der Waals surface area contributed by atoms with Gasteiger partial charge in [-0.05, 0) is 70.9 Å². The lowest BCUT2D eigenvalue weighted by Gasteiger charge is -2.42. The zero-order valence-corrected chi connectivity index (χ0v) is 26.5. The first-order valence-corrected chi connectivity index (χ1v) is 15.2. The number of hydrogen-bond acceptors (Lipinski definition) is 7. The number of hydrogen-bond donors (Lipinski definition) is 0. The van der Waals surface area contributed by atoms with E-state index in [9.17, 15) is 9.59 Å². The summed E-state index contributed by atoms with van der Waals surface area (Å²) in [6.07, 6.45) is 1.79. The molecule has 11 heteroatoms. The topological polar surface area (TPSA) is 93.0 Å². The van der Waals surface area contributed by atoms with Crippen LogP contribution < -0.4 is 0 Å². The molecule has 43 heavy (non-hydrogen) atoms. The van der Waals surface area contributed by atoms with Crippen LogP contribution in [0.15, 0.2) is 48.7 Å². The third kappa shape index (κ3) is 7.37. The maximum atomic E-state index is 14.4. The van der Waals surface area contributed by atoms with Gasteiger partial charge in [-0.1, -0.05) is 41.1 Å². The summed E-state index contributed by atoms with van der Waals surface area (Å²) in [6, 6.07) is 12.7. The second-order valence-corrected chi connectivity index (χ2v) is 13.0. The molecule has 2 aliphatic heterocycles. The Balaban J connectivity index is 1.43. The molecule has 2 aromatic carbocycles. The number of amides is 2. The smallest absolute Gasteiger partial charge is 0.410 e. The lowest BCUT2D eigenvalue weighted by Crippen LogP contribution is -2.53. The molecule has 0 N–H and O–H groups in total. The van der Waals surface area contributed by atoms with Crippen LogP contribution >= 0.6 is 11.6 Å². The number of carbonyl (C=O) groups is 2. The van der Waals surface area contributed by atoms with E-state index in [-0.39, 0.29) is 24.7 Å². The molecule has 2 aliphatic rings. The van der Waals surface area contributed by atoms with Gasteiger partial charge in [0.2, 0.25) is 0 Å². The largest absolute Gasteiger partial charge is 0.444 e. The van der Waals surface area contributed by atoms with Crippen molar-refractivity contribution < 1.29 is 19.1 Å². The number of aromatic nitrogens is 3. The van der Waals surface area contributed by atoms with Crippen LogP contribution in [0.25, 0.3) is 5.69 Å². The van der Waals surface area contributed by atoms with Crippen LogP contribution in [0.2, 0.25) is 5.02 Å². The Kier molecular flexibility index (Phi) is 9.10. The van der Waals surface area contributed by atoms with Crippen molar-refractivity contribution in [1.29, 1.82) is 0 Å². The van der Waals surface area contributed by atoms with Gasteiger partial charge in [-0.25, -0.2) is 9.48 Å². The van der Waals surface area contributed by atoms with Crippen molar-refractivity contribution in [2.45, 2.75) is 71.9 Å². The van der Waals surface area contributed by atoms with Crippen molar-refractivity contribution >= 4 is 23.6 Å². The van der Waals surface area contributed by atoms with E-state index >= 15 is 0 Å². The van der Waals surface area contributed by atoms with Crippen molar-refractivity contribution in [2.24, 2.45) is 0 Å².